The van der Waals surface area contributed by atoms with Gasteiger partial charge >= 0.3 is 5.96 Å². The predicted octanol–water partition coefficient (Wildman–Crippen LogP) is -5.32. The van der Waals surface area contributed by atoms with E-state index in [4.69, 9.17) is 5.73 Å². The molecule has 1 atom stereocenters. The summed E-state index contributed by atoms with van der Waals surface area (Å²) in [6, 6.07) is 0. The van der Waals surface area contributed by atoms with Crippen molar-refractivity contribution in [2.45, 2.75) is 0 Å². The van der Waals surface area contributed by atoms with Crippen molar-refractivity contribution < 1.29 is 28.1 Å². The van der Waals surface area contributed by atoms with E-state index in [1.165, 1.54) is 5.09 Å². The number of hydrogen-bond donors (Lipinski definition) is 3. The summed E-state index contributed by atoms with van der Waals surface area (Å²) >= 11 is -2.24. The molecule has 78 valence electrons. The van der Waals surface area contributed by atoms with Gasteiger partial charge < -0.3 is 18.9 Å². The van der Waals surface area contributed by atoms with E-state index in [1.54, 1.807) is 0 Å². The molecule has 0 aromatic heterocycles. The second kappa shape index (κ2) is 5.30. The fourth-order valence-electron chi connectivity index (χ4n) is 0.456. The molecule has 0 spiro atoms. The molecule has 0 radical (unpaired) electrons. The molecule has 0 fully saturated rings. The van der Waals surface area contributed by atoms with Gasteiger partial charge in [0.25, 0.3) is 0 Å². The minimum absolute atomic E-state index is 0.0745. The van der Waals surface area contributed by atoms with Gasteiger partial charge in [-0.3, -0.25) is 20.0 Å². The summed E-state index contributed by atoms with van der Waals surface area (Å²) in [5.41, 5.74) is 4.97. The van der Waals surface area contributed by atoms with Crippen LogP contribution in [0.25, 0.3) is 0 Å². The molecule has 0 aliphatic rings. The van der Waals surface area contributed by atoms with Crippen LogP contribution >= 0.6 is 7.75 Å². The third-order valence-electron chi connectivity index (χ3n) is 0.842. The Morgan fingerprint density at radius 2 is 2.15 bits per heavy atom. The first kappa shape index (κ1) is 12.5. The Kier molecular flexibility index (Phi) is 5.11. The molecule has 10 heteroatoms. The molecule has 0 rings (SSSR count). The van der Waals surface area contributed by atoms with Crippen molar-refractivity contribution in [3.63, 3.8) is 0 Å². The highest BCUT2D eigenvalue weighted by Gasteiger charge is 1.99. The maximum Gasteiger partial charge on any atom is 0.344 e. The zero-order valence-electron chi connectivity index (χ0n) is 6.39. The summed E-state index contributed by atoms with van der Waals surface area (Å²) in [5, 5.41) is 1.42. The third kappa shape index (κ3) is 9.44. The van der Waals surface area contributed by atoms with Crippen LogP contribution in [0, 0.1) is 0 Å². The van der Waals surface area contributed by atoms with E-state index in [0.717, 1.165) is 0 Å². The highest BCUT2D eigenvalue weighted by Crippen LogP contribution is 2.12. The number of guanidine groups is 1. The first-order chi connectivity index (χ1) is 5.81. The van der Waals surface area contributed by atoms with E-state index in [9.17, 15) is 23.1 Å². The summed E-state index contributed by atoms with van der Waals surface area (Å²) in [7, 11) is -4.91. The summed E-state index contributed by atoms with van der Waals surface area (Å²) in [4.78, 5) is 22.3. The Morgan fingerprint density at radius 3 is 2.54 bits per heavy atom. The number of nitrogens with two attached hydrogens (primary N) is 1. The molecule has 0 aromatic rings. The molecule has 0 saturated carbocycles. The SMILES string of the molecule is NC(NP(=O)([O-])[O-])=[NH+]CCS(=O)[O-]. The summed E-state index contributed by atoms with van der Waals surface area (Å²) in [6.07, 6.45) is 0. The minimum Gasteiger partial charge on any atom is -0.783 e. The van der Waals surface area contributed by atoms with Gasteiger partial charge in [0, 0.05) is 5.75 Å². The second-order valence-electron chi connectivity index (χ2n) is 1.96. The van der Waals surface area contributed by atoms with E-state index >= 15 is 0 Å². The number of hydrogen-bond acceptors (Lipinski definition) is 5. The highest BCUT2D eigenvalue weighted by molar-refractivity contribution is 7.79. The quantitative estimate of drug-likeness (QED) is 0.188. The molecule has 0 heterocycles. The first-order valence-electron chi connectivity index (χ1n) is 3.04. The van der Waals surface area contributed by atoms with Crippen molar-refractivity contribution in [2.24, 2.45) is 5.73 Å². The lowest BCUT2D eigenvalue weighted by Gasteiger charge is -2.25. The van der Waals surface area contributed by atoms with Crippen molar-refractivity contribution in [3.8, 4) is 0 Å². The van der Waals surface area contributed by atoms with Crippen molar-refractivity contribution in [1.29, 1.82) is 0 Å². The summed E-state index contributed by atoms with van der Waals surface area (Å²) in [6.45, 7) is -0.0745. The topological polar surface area (TPSA) is 155 Å². The van der Waals surface area contributed by atoms with Crippen LogP contribution in [0.1, 0.15) is 0 Å². The van der Waals surface area contributed by atoms with Crippen molar-refractivity contribution >= 4 is 24.8 Å². The van der Waals surface area contributed by atoms with Gasteiger partial charge in [-0.05, 0) is 0 Å². The highest BCUT2D eigenvalue weighted by atomic mass is 32.2. The summed E-state index contributed by atoms with van der Waals surface area (Å²) < 4.78 is 30.0. The van der Waals surface area contributed by atoms with Crippen LogP contribution in [0.2, 0.25) is 0 Å². The molecule has 0 aromatic carbocycles. The molecule has 1 unspecified atom stereocenters. The van der Waals surface area contributed by atoms with Gasteiger partial charge in [-0.15, -0.1) is 0 Å². The monoisotopic (exact) mass is 229 g/mol. The Labute approximate surface area is 76.7 Å². The molecule has 13 heavy (non-hydrogen) atoms. The fraction of sp³-hybridized carbons (Fsp3) is 0.667. The van der Waals surface area contributed by atoms with Crippen LogP contribution in [0.15, 0.2) is 0 Å². The lowest BCUT2D eigenvalue weighted by Crippen LogP contribution is -2.79. The Morgan fingerprint density at radius 1 is 1.62 bits per heavy atom. The van der Waals surface area contributed by atoms with Gasteiger partial charge in [0.1, 0.15) is 0 Å². The van der Waals surface area contributed by atoms with Gasteiger partial charge in [0.2, 0.25) is 0 Å². The van der Waals surface area contributed by atoms with Crippen molar-refractivity contribution in [1.82, 2.24) is 5.09 Å². The molecule has 0 amide bonds. The van der Waals surface area contributed by atoms with Crippen LogP contribution < -0.4 is 25.6 Å². The minimum atomic E-state index is -4.91. The average molecular weight is 229 g/mol. The zero-order valence-corrected chi connectivity index (χ0v) is 8.10. The fourth-order valence-corrected chi connectivity index (χ4v) is 1.10. The molecular formula is C3H8N3O5PS-2. The zero-order chi connectivity index (χ0) is 10.5. The van der Waals surface area contributed by atoms with Gasteiger partial charge in [0.15, 0.2) is 0 Å². The lowest BCUT2D eigenvalue weighted by atomic mass is 10.8. The van der Waals surface area contributed by atoms with E-state index in [2.05, 4.69) is 4.99 Å². The van der Waals surface area contributed by atoms with Crippen LogP contribution in [0.5, 0.6) is 0 Å². The van der Waals surface area contributed by atoms with Crippen LogP contribution in [0.4, 0.5) is 0 Å². The van der Waals surface area contributed by atoms with E-state index in [-0.39, 0.29) is 12.3 Å². The van der Waals surface area contributed by atoms with E-state index in [1.807, 2.05) is 0 Å². The van der Waals surface area contributed by atoms with Crippen LogP contribution in [-0.2, 0) is 15.6 Å². The van der Waals surface area contributed by atoms with Gasteiger partial charge in [0.05, 0.1) is 14.3 Å². The standard InChI is InChI=1S/C3H10N3O5PS/c4-3(6-12(7,8)9)5-1-2-13(10)11/h1-2H2,(H,10,11)(H5,4,5,6,7,8,9)/p-2. The largest absolute Gasteiger partial charge is 0.783 e. The van der Waals surface area contributed by atoms with Gasteiger partial charge in [-0.1, -0.05) is 11.1 Å². The maximum atomic E-state index is 10.0. The molecule has 0 aliphatic carbocycles. The third-order valence-corrected chi connectivity index (χ3v) is 1.89. The average Bonchev–Trinajstić information content (AvgIpc) is 1.81. The Hall–Kier alpha value is -0.470. The molecule has 8 nitrogen and oxygen atoms in total. The molecular weight excluding hydrogens is 221 g/mol. The van der Waals surface area contributed by atoms with Gasteiger partial charge in [-0.25, -0.2) is 0 Å². The van der Waals surface area contributed by atoms with Crippen molar-refractivity contribution in [3.05, 3.63) is 0 Å². The molecule has 0 saturated heterocycles. The normalized spacial score (nSPS) is 15.5. The molecule has 0 bridgehead atoms. The predicted molar refractivity (Wildman–Crippen MR) is 39.6 cm³/mol. The summed E-state index contributed by atoms with van der Waals surface area (Å²) in [5.74, 6) is -0.719. The van der Waals surface area contributed by atoms with E-state index in [0.29, 0.717) is 0 Å². The second-order valence-corrected chi connectivity index (χ2v) is 4.19. The number of rotatable bonds is 4. The molecule has 0 aliphatic heterocycles. The Bertz CT molecular complexity index is 262. The smallest absolute Gasteiger partial charge is 0.344 e. The number of nitrogens with one attached hydrogen (secondary N) is 2. The first-order valence-corrected chi connectivity index (χ1v) is 5.82. The van der Waals surface area contributed by atoms with Gasteiger partial charge in [-0.2, -0.15) is 0 Å². The van der Waals surface area contributed by atoms with E-state index < -0.39 is 24.8 Å². The lowest BCUT2D eigenvalue weighted by molar-refractivity contribution is -0.454. The van der Waals surface area contributed by atoms with Crippen LogP contribution in [0.3, 0.4) is 0 Å². The van der Waals surface area contributed by atoms with Crippen molar-refractivity contribution in [2.75, 3.05) is 12.3 Å². The Balaban J connectivity index is 3.90. The molecule has 4 N–H and O–H groups in total. The van der Waals surface area contributed by atoms with Crippen LogP contribution in [-0.4, -0.2) is 27.0 Å². The maximum absolute atomic E-state index is 10.0.